The molecule has 0 radical (unpaired) electrons. The number of halogens is 1. The highest BCUT2D eigenvalue weighted by molar-refractivity contribution is 5.91. The number of ether oxygens (including phenoxy) is 1. The van der Waals surface area contributed by atoms with Crippen molar-refractivity contribution in [1.82, 2.24) is 4.98 Å². The molecule has 21 heavy (non-hydrogen) atoms. The fraction of sp³-hybridized carbons (Fsp3) is 0.200. The molecule has 1 amide bonds. The van der Waals surface area contributed by atoms with Crippen molar-refractivity contribution in [2.45, 2.75) is 13.0 Å². The predicted octanol–water partition coefficient (Wildman–Crippen LogP) is 2.12. The second-order valence-electron chi connectivity index (χ2n) is 4.27. The summed E-state index contributed by atoms with van der Waals surface area (Å²) in [5.41, 5.74) is 1.03. The topological polar surface area (TPSA) is 71.5 Å². The summed E-state index contributed by atoms with van der Waals surface area (Å²) in [5, 5.41) is 11.8. The molecule has 2 rings (SSSR count). The van der Waals surface area contributed by atoms with Crippen LogP contribution < -0.4 is 10.1 Å². The zero-order valence-electron chi connectivity index (χ0n) is 11.3. The summed E-state index contributed by atoms with van der Waals surface area (Å²) >= 11 is 0. The van der Waals surface area contributed by atoms with Crippen LogP contribution in [0.2, 0.25) is 0 Å². The summed E-state index contributed by atoms with van der Waals surface area (Å²) in [6, 6.07) is 7.62. The van der Waals surface area contributed by atoms with Gasteiger partial charge in [0.25, 0.3) is 0 Å². The Hall–Kier alpha value is -2.47. The fourth-order valence-corrected chi connectivity index (χ4v) is 1.70. The second-order valence-corrected chi connectivity index (χ2v) is 4.27. The molecule has 2 N–H and O–H groups in total. The number of nitrogens with zero attached hydrogens (tertiary/aromatic N) is 1. The van der Waals surface area contributed by atoms with Crippen LogP contribution in [0.25, 0.3) is 0 Å². The van der Waals surface area contributed by atoms with Crippen LogP contribution in [0.15, 0.2) is 42.7 Å². The quantitative estimate of drug-likeness (QED) is 0.855. The van der Waals surface area contributed by atoms with E-state index >= 15 is 0 Å². The van der Waals surface area contributed by atoms with Crippen LogP contribution >= 0.6 is 0 Å². The monoisotopic (exact) mass is 290 g/mol. The SMILES string of the molecule is O=C(CCOc1ccccc1F)Nc1cnccc1CO. The third-order valence-corrected chi connectivity index (χ3v) is 2.78. The molecule has 1 aromatic carbocycles. The lowest BCUT2D eigenvalue weighted by Gasteiger charge is -2.09. The maximum absolute atomic E-state index is 13.3. The molecule has 0 bridgehead atoms. The van der Waals surface area contributed by atoms with Crippen molar-refractivity contribution in [3.05, 3.63) is 54.1 Å². The molecule has 0 atom stereocenters. The molecule has 110 valence electrons. The lowest BCUT2D eigenvalue weighted by Crippen LogP contribution is -2.16. The Kier molecular flexibility index (Phi) is 5.22. The Bertz CT molecular complexity index is 619. The minimum atomic E-state index is -0.465. The Balaban J connectivity index is 1.84. The number of benzene rings is 1. The molecule has 0 saturated carbocycles. The number of hydrogen-bond acceptors (Lipinski definition) is 4. The van der Waals surface area contributed by atoms with Crippen LogP contribution in [0.5, 0.6) is 5.75 Å². The molecule has 0 aliphatic carbocycles. The number of carbonyl (C=O) groups is 1. The van der Waals surface area contributed by atoms with E-state index in [-0.39, 0.29) is 31.3 Å². The lowest BCUT2D eigenvalue weighted by molar-refractivity contribution is -0.116. The molecule has 0 fully saturated rings. The Morgan fingerprint density at radius 1 is 1.33 bits per heavy atom. The first kappa shape index (κ1) is 14.9. The molecule has 1 aromatic heterocycles. The van der Waals surface area contributed by atoms with Crippen LogP contribution in [-0.4, -0.2) is 22.6 Å². The first-order chi connectivity index (χ1) is 10.2. The van der Waals surface area contributed by atoms with Crippen molar-refractivity contribution in [2.24, 2.45) is 0 Å². The van der Waals surface area contributed by atoms with E-state index in [2.05, 4.69) is 10.3 Å². The average molecular weight is 290 g/mol. The summed E-state index contributed by atoms with van der Waals surface area (Å²) < 4.78 is 18.5. The number of aliphatic hydroxyl groups is 1. The van der Waals surface area contributed by atoms with E-state index in [0.29, 0.717) is 11.3 Å². The number of pyridine rings is 1. The zero-order valence-corrected chi connectivity index (χ0v) is 11.3. The van der Waals surface area contributed by atoms with Gasteiger partial charge in [-0.1, -0.05) is 12.1 Å². The van der Waals surface area contributed by atoms with Gasteiger partial charge in [0.2, 0.25) is 5.91 Å². The minimum Gasteiger partial charge on any atom is -0.490 e. The van der Waals surface area contributed by atoms with Crippen molar-refractivity contribution in [3.8, 4) is 5.75 Å². The molecule has 0 aliphatic heterocycles. The molecule has 1 heterocycles. The van der Waals surface area contributed by atoms with Gasteiger partial charge in [0, 0.05) is 11.8 Å². The smallest absolute Gasteiger partial charge is 0.227 e. The van der Waals surface area contributed by atoms with E-state index in [1.165, 1.54) is 24.5 Å². The standard InChI is InChI=1S/C15H15FN2O3/c16-12-3-1-2-4-14(12)21-8-6-15(20)18-13-9-17-7-5-11(13)10-19/h1-5,7,9,19H,6,8,10H2,(H,18,20). The number of amides is 1. The van der Waals surface area contributed by atoms with Crippen molar-refractivity contribution < 1.29 is 19.0 Å². The van der Waals surface area contributed by atoms with Crippen LogP contribution in [0.3, 0.4) is 0 Å². The van der Waals surface area contributed by atoms with Crippen LogP contribution in [0.4, 0.5) is 10.1 Å². The van der Waals surface area contributed by atoms with Gasteiger partial charge in [-0.15, -0.1) is 0 Å². The van der Waals surface area contributed by atoms with Gasteiger partial charge in [0.1, 0.15) is 0 Å². The molecule has 0 unspecified atom stereocenters. The van der Waals surface area contributed by atoms with Crippen molar-refractivity contribution in [3.63, 3.8) is 0 Å². The molecular weight excluding hydrogens is 275 g/mol. The number of nitrogens with one attached hydrogen (secondary N) is 1. The van der Waals surface area contributed by atoms with Gasteiger partial charge in [0.15, 0.2) is 11.6 Å². The van der Waals surface area contributed by atoms with E-state index in [9.17, 15) is 9.18 Å². The van der Waals surface area contributed by atoms with Crippen LogP contribution in [0, 0.1) is 5.82 Å². The number of aliphatic hydroxyl groups excluding tert-OH is 1. The maximum Gasteiger partial charge on any atom is 0.227 e. The largest absolute Gasteiger partial charge is 0.490 e. The van der Waals surface area contributed by atoms with Crippen molar-refractivity contribution in [2.75, 3.05) is 11.9 Å². The second kappa shape index (κ2) is 7.35. The summed E-state index contributed by atoms with van der Waals surface area (Å²) in [7, 11) is 0. The molecule has 6 heteroatoms. The molecular formula is C15H15FN2O3. The van der Waals surface area contributed by atoms with E-state index in [0.717, 1.165) is 0 Å². The van der Waals surface area contributed by atoms with Gasteiger partial charge in [-0.05, 0) is 18.2 Å². The van der Waals surface area contributed by atoms with E-state index in [1.54, 1.807) is 18.2 Å². The summed E-state index contributed by atoms with van der Waals surface area (Å²) in [6.45, 7) is -0.134. The summed E-state index contributed by atoms with van der Waals surface area (Å²) in [4.78, 5) is 15.6. The summed E-state index contributed by atoms with van der Waals surface area (Å²) in [6.07, 6.45) is 3.05. The van der Waals surface area contributed by atoms with Crippen molar-refractivity contribution in [1.29, 1.82) is 0 Å². The fourth-order valence-electron chi connectivity index (χ4n) is 1.70. The third kappa shape index (κ3) is 4.25. The van der Waals surface area contributed by atoms with Crippen LogP contribution in [-0.2, 0) is 11.4 Å². The normalized spacial score (nSPS) is 10.2. The first-order valence-corrected chi connectivity index (χ1v) is 6.41. The van der Waals surface area contributed by atoms with Gasteiger partial charge in [-0.25, -0.2) is 4.39 Å². The van der Waals surface area contributed by atoms with Gasteiger partial charge < -0.3 is 15.2 Å². The van der Waals surface area contributed by atoms with Gasteiger partial charge in [-0.3, -0.25) is 9.78 Å². The van der Waals surface area contributed by atoms with Gasteiger partial charge in [0.05, 0.1) is 31.5 Å². The van der Waals surface area contributed by atoms with E-state index < -0.39 is 5.82 Å². The number of hydrogen-bond donors (Lipinski definition) is 2. The molecule has 0 spiro atoms. The lowest BCUT2D eigenvalue weighted by atomic mass is 10.2. The highest BCUT2D eigenvalue weighted by atomic mass is 19.1. The zero-order chi connectivity index (χ0) is 15.1. The van der Waals surface area contributed by atoms with Crippen LogP contribution in [0.1, 0.15) is 12.0 Å². The highest BCUT2D eigenvalue weighted by Gasteiger charge is 2.08. The highest BCUT2D eigenvalue weighted by Crippen LogP contribution is 2.16. The number of para-hydroxylation sites is 1. The van der Waals surface area contributed by atoms with E-state index in [4.69, 9.17) is 9.84 Å². The molecule has 2 aromatic rings. The number of carbonyl (C=O) groups excluding carboxylic acids is 1. The third-order valence-electron chi connectivity index (χ3n) is 2.78. The van der Waals surface area contributed by atoms with E-state index in [1.807, 2.05) is 0 Å². The van der Waals surface area contributed by atoms with Crippen molar-refractivity contribution >= 4 is 11.6 Å². The maximum atomic E-state index is 13.3. The number of aromatic nitrogens is 1. The Morgan fingerprint density at radius 2 is 2.14 bits per heavy atom. The molecule has 0 aliphatic rings. The van der Waals surface area contributed by atoms with Gasteiger partial charge >= 0.3 is 0 Å². The Morgan fingerprint density at radius 3 is 2.90 bits per heavy atom. The molecule has 0 saturated heterocycles. The summed E-state index contributed by atoms with van der Waals surface area (Å²) in [5.74, 6) is -0.649. The average Bonchev–Trinajstić information content (AvgIpc) is 2.50. The minimum absolute atomic E-state index is 0.0570. The predicted molar refractivity (Wildman–Crippen MR) is 75.3 cm³/mol. The Labute approximate surface area is 121 Å². The molecule has 5 nitrogen and oxygen atoms in total. The first-order valence-electron chi connectivity index (χ1n) is 6.41. The van der Waals surface area contributed by atoms with Gasteiger partial charge in [-0.2, -0.15) is 0 Å². The number of anilines is 1. The number of rotatable bonds is 6.